The lowest BCUT2D eigenvalue weighted by Crippen LogP contribution is -2.44. The van der Waals surface area contributed by atoms with Crippen LogP contribution in [0.1, 0.15) is 12.0 Å². The maximum absolute atomic E-state index is 12.4. The largest absolute Gasteiger partial charge is 0.504 e. The standard InChI is InChI=1S/C23H26N2O4.2ClH/c1-24-11-13-25(14-12-24)10-2-3-16-4-6-17(7-5-16)21-15-20(27)18-8-9-19(26)22(28)23(18)29-21;;/h4-9,15,26,28H,2-3,10-14H2,1H3;2*1H. The van der Waals surface area contributed by atoms with Gasteiger partial charge in [0.2, 0.25) is 5.75 Å². The molecule has 0 spiro atoms. The third-order valence-corrected chi connectivity index (χ3v) is 5.62. The molecule has 0 aliphatic carbocycles. The summed E-state index contributed by atoms with van der Waals surface area (Å²) in [6.07, 6.45) is 2.12. The van der Waals surface area contributed by atoms with Gasteiger partial charge in [0, 0.05) is 37.8 Å². The number of rotatable bonds is 5. The summed E-state index contributed by atoms with van der Waals surface area (Å²) in [5, 5.41) is 19.9. The zero-order valence-electron chi connectivity index (χ0n) is 17.4. The lowest BCUT2D eigenvalue weighted by Gasteiger charge is -2.32. The van der Waals surface area contributed by atoms with Gasteiger partial charge in [-0.2, -0.15) is 0 Å². The number of fused-ring (bicyclic) bond motifs is 1. The van der Waals surface area contributed by atoms with Gasteiger partial charge in [-0.25, -0.2) is 0 Å². The fraction of sp³-hybridized carbons (Fsp3) is 0.348. The molecule has 6 nitrogen and oxygen atoms in total. The molecule has 1 aromatic heterocycles. The number of nitrogens with zero attached hydrogens (tertiary/aromatic N) is 2. The first-order valence-electron chi connectivity index (χ1n) is 10.0. The summed E-state index contributed by atoms with van der Waals surface area (Å²) < 4.78 is 5.73. The lowest BCUT2D eigenvalue weighted by atomic mass is 10.0. The second kappa shape index (κ2) is 10.9. The minimum Gasteiger partial charge on any atom is -0.504 e. The summed E-state index contributed by atoms with van der Waals surface area (Å²) in [4.78, 5) is 17.2. The first-order valence-corrected chi connectivity index (χ1v) is 10.0. The predicted molar refractivity (Wildman–Crippen MR) is 128 cm³/mol. The van der Waals surface area contributed by atoms with E-state index in [1.807, 2.05) is 24.3 Å². The van der Waals surface area contributed by atoms with E-state index >= 15 is 0 Å². The number of aryl methyl sites for hydroxylation is 1. The fourth-order valence-electron chi connectivity index (χ4n) is 3.75. The Balaban J connectivity index is 0.00000171. The summed E-state index contributed by atoms with van der Waals surface area (Å²) in [5.41, 5.74) is 1.75. The lowest BCUT2D eigenvalue weighted by molar-refractivity contribution is 0.153. The van der Waals surface area contributed by atoms with Crippen molar-refractivity contribution in [3.05, 3.63) is 58.3 Å². The van der Waals surface area contributed by atoms with Gasteiger partial charge in [-0.1, -0.05) is 24.3 Å². The van der Waals surface area contributed by atoms with Crippen molar-refractivity contribution in [1.29, 1.82) is 0 Å². The minimum absolute atomic E-state index is 0. The normalized spacial score (nSPS) is 14.7. The molecule has 31 heavy (non-hydrogen) atoms. The average molecular weight is 467 g/mol. The number of piperazine rings is 1. The van der Waals surface area contributed by atoms with Gasteiger partial charge in [0.1, 0.15) is 5.76 Å². The molecule has 1 aliphatic rings. The number of phenolic OH excluding ortho intramolecular Hbond substituents is 2. The molecule has 168 valence electrons. The molecule has 0 radical (unpaired) electrons. The van der Waals surface area contributed by atoms with Crippen molar-refractivity contribution < 1.29 is 14.6 Å². The van der Waals surface area contributed by atoms with Crippen molar-refractivity contribution in [2.75, 3.05) is 39.8 Å². The van der Waals surface area contributed by atoms with E-state index in [0.717, 1.165) is 51.1 Å². The number of halogens is 2. The van der Waals surface area contributed by atoms with E-state index < -0.39 is 5.75 Å². The highest BCUT2D eigenvalue weighted by Gasteiger charge is 2.14. The molecule has 2 aromatic carbocycles. The topological polar surface area (TPSA) is 77.2 Å². The Kier molecular flexibility index (Phi) is 8.77. The Morgan fingerprint density at radius 3 is 2.32 bits per heavy atom. The number of hydrogen-bond acceptors (Lipinski definition) is 6. The highest BCUT2D eigenvalue weighted by Crippen LogP contribution is 2.34. The predicted octanol–water partition coefficient (Wildman–Crippen LogP) is 3.89. The van der Waals surface area contributed by atoms with Crippen molar-refractivity contribution in [1.82, 2.24) is 9.80 Å². The maximum atomic E-state index is 12.4. The van der Waals surface area contributed by atoms with Crippen LogP contribution in [0.3, 0.4) is 0 Å². The molecule has 0 unspecified atom stereocenters. The Hall–Kier alpha value is -2.25. The second-order valence-electron chi connectivity index (χ2n) is 7.73. The van der Waals surface area contributed by atoms with Crippen molar-refractivity contribution in [3.63, 3.8) is 0 Å². The third-order valence-electron chi connectivity index (χ3n) is 5.62. The molecule has 1 saturated heterocycles. The van der Waals surface area contributed by atoms with Crippen LogP contribution in [0.15, 0.2) is 51.7 Å². The van der Waals surface area contributed by atoms with Crippen LogP contribution >= 0.6 is 24.8 Å². The number of phenols is 2. The SMILES string of the molecule is CN1CCN(CCCc2ccc(-c3cc(=O)c4ccc(O)c(O)c4o3)cc2)CC1.Cl.Cl. The van der Waals surface area contributed by atoms with Gasteiger partial charge >= 0.3 is 0 Å². The quantitative estimate of drug-likeness (QED) is 0.555. The van der Waals surface area contributed by atoms with Crippen LogP contribution < -0.4 is 5.43 Å². The van der Waals surface area contributed by atoms with E-state index in [4.69, 9.17) is 4.42 Å². The zero-order chi connectivity index (χ0) is 20.4. The van der Waals surface area contributed by atoms with Crippen molar-refractivity contribution in [3.8, 4) is 22.8 Å². The van der Waals surface area contributed by atoms with Crippen LogP contribution in [0.2, 0.25) is 0 Å². The average Bonchev–Trinajstić information content (AvgIpc) is 2.73. The molecule has 0 saturated carbocycles. The smallest absolute Gasteiger partial charge is 0.201 e. The molecule has 8 heteroatoms. The summed E-state index contributed by atoms with van der Waals surface area (Å²) in [5.74, 6) is -0.358. The van der Waals surface area contributed by atoms with E-state index in [2.05, 4.69) is 16.8 Å². The van der Waals surface area contributed by atoms with Crippen molar-refractivity contribution >= 4 is 35.8 Å². The molecule has 0 atom stereocenters. The van der Waals surface area contributed by atoms with Crippen molar-refractivity contribution in [2.45, 2.75) is 12.8 Å². The van der Waals surface area contributed by atoms with Crippen LogP contribution in [-0.2, 0) is 6.42 Å². The number of likely N-dealkylation sites (N-methyl/N-ethyl adjacent to an activating group) is 1. The summed E-state index contributed by atoms with van der Waals surface area (Å²) in [6.45, 7) is 5.66. The molecule has 0 amide bonds. The van der Waals surface area contributed by atoms with E-state index in [1.165, 1.54) is 23.8 Å². The molecule has 4 rings (SSSR count). The second-order valence-corrected chi connectivity index (χ2v) is 7.73. The van der Waals surface area contributed by atoms with Crippen molar-refractivity contribution in [2.24, 2.45) is 0 Å². The Morgan fingerprint density at radius 1 is 0.968 bits per heavy atom. The van der Waals surface area contributed by atoms with Crippen LogP contribution in [-0.4, -0.2) is 59.8 Å². The maximum Gasteiger partial charge on any atom is 0.201 e. The van der Waals surface area contributed by atoms with Crippen LogP contribution in [0, 0.1) is 0 Å². The molecule has 2 heterocycles. The van der Waals surface area contributed by atoms with Crippen LogP contribution in [0.4, 0.5) is 0 Å². The molecular weight excluding hydrogens is 439 g/mol. The van der Waals surface area contributed by atoms with Gasteiger partial charge in [-0.3, -0.25) is 4.79 Å². The Labute approximate surface area is 193 Å². The van der Waals surface area contributed by atoms with Gasteiger partial charge < -0.3 is 24.4 Å². The fourth-order valence-corrected chi connectivity index (χ4v) is 3.75. The van der Waals surface area contributed by atoms with E-state index in [-0.39, 0.29) is 47.0 Å². The molecule has 1 aliphatic heterocycles. The molecular formula is C23H28Cl2N2O4. The Bertz CT molecular complexity index is 1060. The van der Waals surface area contributed by atoms with Crippen LogP contribution in [0.25, 0.3) is 22.3 Å². The molecule has 2 N–H and O–H groups in total. The first-order chi connectivity index (χ1) is 14.0. The van der Waals surface area contributed by atoms with E-state index in [0.29, 0.717) is 5.76 Å². The highest BCUT2D eigenvalue weighted by molar-refractivity contribution is 5.86. The van der Waals surface area contributed by atoms with E-state index in [9.17, 15) is 15.0 Å². The summed E-state index contributed by atoms with van der Waals surface area (Å²) in [7, 11) is 2.17. The number of hydrogen-bond donors (Lipinski definition) is 2. The van der Waals surface area contributed by atoms with Gasteiger partial charge in [0.25, 0.3) is 0 Å². The summed E-state index contributed by atoms with van der Waals surface area (Å²) in [6, 6.07) is 12.1. The minimum atomic E-state index is -0.415. The van der Waals surface area contributed by atoms with Gasteiger partial charge in [-0.15, -0.1) is 24.8 Å². The molecule has 3 aromatic rings. The molecule has 0 bridgehead atoms. The number of benzene rings is 2. The van der Waals surface area contributed by atoms with Gasteiger partial charge in [-0.05, 0) is 44.1 Å². The zero-order valence-corrected chi connectivity index (χ0v) is 19.0. The van der Waals surface area contributed by atoms with Gasteiger partial charge in [0.05, 0.1) is 5.39 Å². The highest BCUT2D eigenvalue weighted by atomic mass is 35.5. The number of aromatic hydroxyl groups is 2. The Morgan fingerprint density at radius 2 is 1.65 bits per heavy atom. The third kappa shape index (κ3) is 5.71. The van der Waals surface area contributed by atoms with Crippen LogP contribution in [0.5, 0.6) is 11.5 Å². The first kappa shape index (κ1) is 25.0. The van der Waals surface area contributed by atoms with E-state index in [1.54, 1.807) is 0 Å². The summed E-state index contributed by atoms with van der Waals surface area (Å²) >= 11 is 0. The molecule has 1 fully saturated rings. The monoisotopic (exact) mass is 466 g/mol. The van der Waals surface area contributed by atoms with Gasteiger partial charge in [0.15, 0.2) is 16.8 Å².